The number of hydrogen-bond acceptors (Lipinski definition) is 10. The molecule has 0 unspecified atom stereocenters. The van der Waals surface area contributed by atoms with Gasteiger partial charge in [-0.1, -0.05) is 210 Å². The van der Waals surface area contributed by atoms with Crippen LogP contribution in [0.1, 0.15) is 0 Å². The van der Waals surface area contributed by atoms with E-state index in [2.05, 4.69) is 55.4 Å². The monoisotopic (exact) mass is 1060 g/mol. The van der Waals surface area contributed by atoms with Crippen molar-refractivity contribution in [2.75, 3.05) is 10.2 Å². The molecular weight excluding hydrogens is 1020 g/mol. The van der Waals surface area contributed by atoms with Gasteiger partial charge < -0.3 is 19.7 Å². The summed E-state index contributed by atoms with van der Waals surface area (Å²) in [5, 5.41) is 3.32. The molecule has 0 bridgehead atoms. The summed E-state index contributed by atoms with van der Waals surface area (Å²) in [5.74, 6) is 7.29. The van der Waals surface area contributed by atoms with Gasteiger partial charge in [0.15, 0.2) is 57.9 Å². The number of rotatable bonds is 7. The van der Waals surface area contributed by atoms with Crippen LogP contribution in [0.2, 0.25) is 0 Å². The number of aromatic nitrogens is 6. The van der Waals surface area contributed by atoms with E-state index in [0.717, 1.165) is 89.3 Å². The minimum absolute atomic E-state index is 0.620. The van der Waals surface area contributed by atoms with Crippen molar-refractivity contribution in [3.8, 4) is 91.3 Å². The predicted octanol–water partition coefficient (Wildman–Crippen LogP) is 17.6. The summed E-state index contributed by atoms with van der Waals surface area (Å²) < 4.78 is 12.9. The average molecular weight is 1060 g/mol. The van der Waals surface area contributed by atoms with Gasteiger partial charge in [0.1, 0.15) is 0 Å². The van der Waals surface area contributed by atoms with Crippen LogP contribution in [0, 0.1) is 0 Å². The van der Waals surface area contributed by atoms with Crippen molar-refractivity contribution in [1.29, 1.82) is 0 Å². The van der Waals surface area contributed by atoms with Gasteiger partial charge in [0.2, 0.25) is 0 Å². The molecule has 10 aromatic carbocycles. The maximum Gasteiger partial charge on any atom is 0.164 e. The molecule has 2 aromatic heterocycles. The summed E-state index contributed by atoms with van der Waals surface area (Å²) in [6, 6.07) is 88.3. The number of anilines is 5. The molecule has 14 rings (SSSR count). The largest absolute Gasteiger partial charge is 0.453 e. The van der Waals surface area contributed by atoms with E-state index in [1.54, 1.807) is 0 Å². The molecule has 368 valence electrons. The van der Waals surface area contributed by atoms with Crippen molar-refractivity contribution in [3.63, 3.8) is 0 Å². The zero-order chi connectivity index (χ0) is 51.8. The summed E-state index contributed by atoms with van der Waals surface area (Å²) in [7, 11) is 0. The Kier molecular flexibility index (Phi) is 13.8. The van der Waals surface area contributed by atoms with Gasteiger partial charge in [0, 0.05) is 43.5 Å². The molecule has 2 aliphatic heterocycles. The lowest BCUT2D eigenvalue weighted by atomic mass is 10.1. The highest BCUT2D eigenvalue weighted by Gasteiger charge is 2.26. The minimum atomic E-state index is 0.620. The molecule has 0 spiro atoms. The second kappa shape index (κ2) is 22.2. The maximum absolute atomic E-state index is 6.20. The second-order valence-electron chi connectivity index (χ2n) is 17.7. The third kappa shape index (κ3) is 10.8. The van der Waals surface area contributed by atoms with Gasteiger partial charge in [-0.3, -0.25) is 0 Å². The van der Waals surface area contributed by atoms with Crippen LogP contribution in [-0.2, 0) is 0 Å². The van der Waals surface area contributed by atoms with Crippen molar-refractivity contribution in [2.45, 2.75) is 0 Å². The fourth-order valence-electron chi connectivity index (χ4n) is 8.85. The molecule has 0 aliphatic carbocycles. The van der Waals surface area contributed by atoms with E-state index in [4.69, 9.17) is 34.4 Å². The van der Waals surface area contributed by atoms with Gasteiger partial charge in [-0.05, 0) is 72.8 Å². The van der Waals surface area contributed by atoms with Crippen molar-refractivity contribution in [1.82, 2.24) is 29.9 Å². The molecule has 0 radical (unpaired) electrons. The van der Waals surface area contributed by atoms with E-state index in [0.29, 0.717) is 34.9 Å². The molecule has 1 N–H and O–H groups in total. The first kappa shape index (κ1) is 47.9. The van der Waals surface area contributed by atoms with Crippen LogP contribution < -0.4 is 19.7 Å². The van der Waals surface area contributed by atoms with E-state index in [1.807, 2.05) is 243 Å². The Morgan fingerprint density at radius 2 is 0.597 bits per heavy atom. The molecule has 10 nitrogen and oxygen atoms in total. The van der Waals surface area contributed by atoms with E-state index in [-0.39, 0.29) is 0 Å². The van der Waals surface area contributed by atoms with E-state index >= 15 is 0 Å². The first-order valence-corrected chi connectivity index (χ1v) is 25.7. The van der Waals surface area contributed by atoms with E-state index < -0.39 is 0 Å². The number of para-hydroxylation sites is 8. The lowest BCUT2D eigenvalue weighted by molar-refractivity contribution is 0.477. The van der Waals surface area contributed by atoms with Gasteiger partial charge in [-0.15, -0.1) is 0 Å². The number of nitrogens with one attached hydrogen (secondary N) is 1. The van der Waals surface area contributed by atoms with Crippen LogP contribution >= 0.6 is 15.9 Å². The summed E-state index contributed by atoms with van der Waals surface area (Å²) in [6.07, 6.45) is 0. The Bertz CT molecular complexity index is 3750. The topological polar surface area (TPSA) is 111 Å². The molecule has 0 atom stereocenters. The fraction of sp³-hybridized carbons (Fsp3) is 0. The molecule has 0 amide bonds. The smallest absolute Gasteiger partial charge is 0.164 e. The molecule has 4 heterocycles. The van der Waals surface area contributed by atoms with Crippen LogP contribution in [0.25, 0.3) is 68.3 Å². The number of fused-ring (bicyclic) bond motifs is 4. The van der Waals surface area contributed by atoms with Gasteiger partial charge in [0.05, 0.1) is 22.7 Å². The molecule has 77 heavy (non-hydrogen) atoms. The van der Waals surface area contributed by atoms with Gasteiger partial charge in [-0.25, -0.2) is 29.9 Å². The fourth-order valence-corrected chi connectivity index (χ4v) is 9.25. The minimum Gasteiger partial charge on any atom is -0.453 e. The zero-order valence-electron chi connectivity index (χ0n) is 41.2. The second-order valence-corrected chi connectivity index (χ2v) is 18.6. The Labute approximate surface area is 454 Å². The van der Waals surface area contributed by atoms with Crippen LogP contribution in [0.3, 0.4) is 0 Å². The highest BCUT2D eigenvalue weighted by atomic mass is 79.9. The molecule has 0 saturated heterocycles. The summed E-state index contributed by atoms with van der Waals surface area (Å²) >= 11 is 3.52. The molecule has 2 aliphatic rings. The average Bonchev–Trinajstić information content (AvgIpc) is 3.51. The Morgan fingerprint density at radius 3 is 1.01 bits per heavy atom. The number of nitrogens with zero attached hydrogens (tertiary/aromatic N) is 7. The van der Waals surface area contributed by atoms with Gasteiger partial charge in [-0.2, -0.15) is 0 Å². The van der Waals surface area contributed by atoms with Crippen LogP contribution in [-0.4, -0.2) is 29.9 Å². The number of halogens is 1. The Hall–Kier alpha value is -10.1. The van der Waals surface area contributed by atoms with Crippen molar-refractivity contribution in [3.05, 3.63) is 271 Å². The van der Waals surface area contributed by atoms with Crippen LogP contribution in [0.15, 0.2) is 271 Å². The quantitative estimate of drug-likeness (QED) is 0.166. The summed E-state index contributed by atoms with van der Waals surface area (Å²) in [4.78, 5) is 30.9. The Morgan fingerprint density at radius 1 is 0.286 bits per heavy atom. The molecule has 11 heteroatoms. The highest BCUT2D eigenvalue weighted by Crippen LogP contribution is 2.50. The normalized spacial score (nSPS) is 11.5. The molecule has 0 fully saturated rings. The third-order valence-electron chi connectivity index (χ3n) is 12.5. The SMILES string of the molecule is Brc1cccc(-c2nc(-c3ccccc3)nc(-c3ccccc3)n2)c1.c1ccc(-c2nc(-c3ccccc3)nc(-c3cccc(N4c5ccccc5Oc5ccccc54)c3)n2)cc1.c1ccc2c(c1)Nc1ccccc1O2. The third-order valence-corrected chi connectivity index (χ3v) is 13.0. The van der Waals surface area contributed by atoms with Crippen molar-refractivity contribution >= 4 is 44.4 Å². The van der Waals surface area contributed by atoms with Crippen molar-refractivity contribution < 1.29 is 9.47 Å². The standard InChI is InChI=1S/C33H22N4O.C21H14BrN3.C12H9NO/c1-3-12-23(13-4-1)31-34-32(24-14-5-2-6-15-24)36-33(35-31)25-16-11-17-26(22-25)37-27-18-7-9-20-29(27)38-30-21-10-8-19-28(30)37;22-18-13-7-12-17(14-18)21-24-19(15-8-3-1-4-9-15)23-20(25-21)16-10-5-2-6-11-16;1-3-7-11-9(5-1)13-10-6-2-4-8-12(10)14-11/h1-22H;1-14H;1-8,13H. The molecule has 12 aromatic rings. The highest BCUT2D eigenvalue weighted by molar-refractivity contribution is 9.10. The van der Waals surface area contributed by atoms with E-state index in [9.17, 15) is 0 Å². The maximum atomic E-state index is 6.20. The number of ether oxygens (including phenoxy) is 2. The van der Waals surface area contributed by atoms with Crippen molar-refractivity contribution in [2.24, 2.45) is 0 Å². The predicted molar refractivity (Wildman–Crippen MR) is 311 cm³/mol. The summed E-state index contributed by atoms with van der Waals surface area (Å²) in [6.45, 7) is 0. The van der Waals surface area contributed by atoms with Gasteiger partial charge in [0.25, 0.3) is 0 Å². The molecular formula is C66H45BrN8O2. The first-order chi connectivity index (χ1) is 38.1. The van der Waals surface area contributed by atoms with Gasteiger partial charge >= 0.3 is 0 Å². The van der Waals surface area contributed by atoms with E-state index in [1.165, 1.54) is 0 Å². The first-order valence-electron chi connectivity index (χ1n) is 25.0. The lowest BCUT2D eigenvalue weighted by Crippen LogP contribution is -2.15. The van der Waals surface area contributed by atoms with Crippen LogP contribution in [0.4, 0.5) is 28.4 Å². The Balaban J connectivity index is 0.000000130. The number of benzene rings is 10. The van der Waals surface area contributed by atoms with Crippen LogP contribution in [0.5, 0.6) is 23.0 Å². The number of hydrogen-bond donors (Lipinski definition) is 1. The molecule has 0 saturated carbocycles. The zero-order valence-corrected chi connectivity index (χ0v) is 42.8. The lowest BCUT2D eigenvalue weighted by Gasteiger charge is -2.32. The summed E-state index contributed by atoms with van der Waals surface area (Å²) in [5.41, 5.74) is 10.7.